The molecule has 1 saturated heterocycles. The van der Waals surface area contributed by atoms with Gasteiger partial charge < -0.3 is 0 Å². The Morgan fingerprint density at radius 1 is 1.36 bits per heavy atom. The molecule has 2 atom stereocenters. The van der Waals surface area contributed by atoms with Gasteiger partial charge in [-0.2, -0.15) is 8.42 Å². The predicted molar refractivity (Wildman–Crippen MR) is 101 cm³/mol. The van der Waals surface area contributed by atoms with E-state index in [0.717, 1.165) is 22.9 Å². The third-order valence-electron chi connectivity index (χ3n) is 5.14. The first-order chi connectivity index (χ1) is 11.7. The summed E-state index contributed by atoms with van der Waals surface area (Å²) in [7, 11) is -3.92. The summed E-state index contributed by atoms with van der Waals surface area (Å²) in [5.74, 6) is 0.190. The van der Waals surface area contributed by atoms with Crippen LogP contribution in [-0.2, 0) is 16.7 Å². The molecule has 0 spiro atoms. The van der Waals surface area contributed by atoms with E-state index in [0.29, 0.717) is 17.6 Å². The Balaban J connectivity index is 1.85. The van der Waals surface area contributed by atoms with Crippen LogP contribution in [0.5, 0.6) is 0 Å². The maximum atomic E-state index is 11.1. The maximum absolute atomic E-state index is 11.1. The molecule has 0 amide bonds. The smallest absolute Gasteiger partial charge is 0.265 e. The summed E-state index contributed by atoms with van der Waals surface area (Å²) in [6, 6.07) is 6.28. The van der Waals surface area contributed by atoms with E-state index in [1.54, 1.807) is 0 Å². The lowest BCUT2D eigenvalue weighted by Crippen LogP contribution is -2.56. The maximum Gasteiger partial charge on any atom is 0.265 e. The molecule has 1 aromatic heterocycles. The van der Waals surface area contributed by atoms with Gasteiger partial charge in [0.15, 0.2) is 0 Å². The summed E-state index contributed by atoms with van der Waals surface area (Å²) in [4.78, 5) is 6.45. The molecule has 0 radical (unpaired) electrons. The number of aromatic nitrogens is 1. The van der Waals surface area contributed by atoms with Crippen LogP contribution in [-0.4, -0.2) is 41.2 Å². The molecule has 5 nitrogen and oxygen atoms in total. The normalized spacial score (nSPS) is 21.7. The van der Waals surface area contributed by atoms with E-state index in [1.807, 2.05) is 19.2 Å². The van der Waals surface area contributed by atoms with Crippen molar-refractivity contribution in [2.75, 3.05) is 12.3 Å². The third kappa shape index (κ3) is 3.97. The van der Waals surface area contributed by atoms with E-state index in [4.69, 9.17) is 16.2 Å². The zero-order valence-electron chi connectivity index (χ0n) is 14.6. The fourth-order valence-corrected chi connectivity index (χ4v) is 4.69. The van der Waals surface area contributed by atoms with Crippen molar-refractivity contribution in [2.45, 2.75) is 39.3 Å². The molecule has 0 aliphatic carbocycles. The van der Waals surface area contributed by atoms with Crippen molar-refractivity contribution >= 4 is 32.5 Å². The second-order valence-corrected chi connectivity index (χ2v) is 9.08. The van der Waals surface area contributed by atoms with Crippen LogP contribution in [0.15, 0.2) is 24.4 Å². The van der Waals surface area contributed by atoms with E-state index >= 15 is 0 Å². The Morgan fingerprint density at radius 3 is 2.68 bits per heavy atom. The fraction of sp³-hybridized carbons (Fsp3) is 0.500. The average Bonchev–Trinajstić information content (AvgIpc) is 2.51. The van der Waals surface area contributed by atoms with Crippen molar-refractivity contribution in [1.29, 1.82) is 0 Å². The molecule has 2 heterocycles. The molecule has 1 N–H and O–H groups in total. The molecular formula is C18H23ClN2O3S. The first-order valence-corrected chi connectivity index (χ1v) is 10.4. The predicted octanol–water partition coefficient (Wildman–Crippen LogP) is 3.72. The number of halogens is 1. The Morgan fingerprint density at radius 2 is 2.08 bits per heavy atom. The number of hydrogen-bond donors (Lipinski definition) is 1. The average molecular weight is 383 g/mol. The molecule has 3 rings (SSSR count). The zero-order chi connectivity index (χ0) is 18.4. The summed E-state index contributed by atoms with van der Waals surface area (Å²) < 4.78 is 31.2. The molecule has 1 aliphatic rings. The second-order valence-electron chi connectivity index (χ2n) is 7.20. The lowest BCUT2D eigenvalue weighted by molar-refractivity contribution is 0.0320. The Hall–Kier alpha value is -1.21. The molecule has 1 aromatic carbocycles. The Kier molecular flexibility index (Phi) is 5.08. The van der Waals surface area contributed by atoms with Gasteiger partial charge in [0.2, 0.25) is 0 Å². The number of rotatable bonds is 5. The minimum absolute atomic E-state index is 0.0243. The van der Waals surface area contributed by atoms with Gasteiger partial charge in [-0.15, -0.1) is 0 Å². The van der Waals surface area contributed by atoms with Gasteiger partial charge in [-0.05, 0) is 35.4 Å². The van der Waals surface area contributed by atoms with Crippen molar-refractivity contribution in [1.82, 2.24) is 9.88 Å². The second kappa shape index (κ2) is 6.83. The van der Waals surface area contributed by atoms with Crippen molar-refractivity contribution in [2.24, 2.45) is 5.92 Å². The minimum Gasteiger partial charge on any atom is -0.296 e. The van der Waals surface area contributed by atoms with Crippen LogP contribution < -0.4 is 0 Å². The van der Waals surface area contributed by atoms with Crippen LogP contribution in [0.3, 0.4) is 0 Å². The molecule has 0 unspecified atom stereocenters. The van der Waals surface area contributed by atoms with Crippen LogP contribution in [0.1, 0.15) is 37.8 Å². The van der Waals surface area contributed by atoms with Gasteiger partial charge in [-0.25, -0.2) is 4.98 Å². The van der Waals surface area contributed by atoms with Gasteiger partial charge in [0.05, 0.1) is 5.75 Å². The zero-order valence-corrected chi connectivity index (χ0v) is 16.2. The highest BCUT2D eigenvalue weighted by molar-refractivity contribution is 7.85. The summed E-state index contributed by atoms with van der Waals surface area (Å²) in [6.45, 7) is 7.69. The van der Waals surface area contributed by atoms with Crippen LogP contribution in [0.25, 0.3) is 10.8 Å². The molecule has 136 valence electrons. The van der Waals surface area contributed by atoms with Crippen LogP contribution in [0.4, 0.5) is 0 Å². The highest BCUT2D eigenvalue weighted by Crippen LogP contribution is 2.33. The van der Waals surface area contributed by atoms with Crippen molar-refractivity contribution < 1.29 is 13.0 Å². The Bertz CT molecular complexity index is 899. The lowest BCUT2D eigenvalue weighted by Gasteiger charge is -2.46. The van der Waals surface area contributed by atoms with Gasteiger partial charge in [-0.1, -0.05) is 37.6 Å². The van der Waals surface area contributed by atoms with Gasteiger partial charge in [0, 0.05) is 36.6 Å². The molecule has 25 heavy (non-hydrogen) atoms. The highest BCUT2D eigenvalue weighted by atomic mass is 35.5. The SMILES string of the molecule is CC(C)c1ccc(CN2C[C@H](CS(=O)(=O)O)[C@H]2C)c2cnc(Cl)cc12. The molecule has 0 saturated carbocycles. The largest absolute Gasteiger partial charge is 0.296 e. The summed E-state index contributed by atoms with van der Waals surface area (Å²) in [5, 5.41) is 2.69. The number of hydrogen-bond acceptors (Lipinski definition) is 4. The number of likely N-dealkylation sites (tertiary alicyclic amines) is 1. The first kappa shape index (κ1) is 18.6. The van der Waals surface area contributed by atoms with Crippen LogP contribution in [0, 0.1) is 5.92 Å². The van der Waals surface area contributed by atoms with Crippen molar-refractivity contribution in [3.63, 3.8) is 0 Å². The monoisotopic (exact) mass is 382 g/mol. The van der Waals surface area contributed by atoms with Gasteiger partial charge in [0.1, 0.15) is 5.15 Å². The van der Waals surface area contributed by atoms with Gasteiger partial charge in [0.25, 0.3) is 10.1 Å². The summed E-state index contributed by atoms with van der Waals surface area (Å²) >= 11 is 6.09. The molecule has 0 bridgehead atoms. The Labute approximate surface area is 153 Å². The van der Waals surface area contributed by atoms with E-state index < -0.39 is 10.1 Å². The van der Waals surface area contributed by atoms with E-state index in [2.05, 4.69) is 35.9 Å². The number of fused-ring (bicyclic) bond motifs is 1. The minimum atomic E-state index is -3.92. The standard InChI is InChI=1S/C18H23ClN2O3S/c1-11(2)15-5-4-13(17-7-20-18(19)6-16(15)17)8-21-9-14(12(21)3)10-25(22,23)24/h4-7,11-12,14H,8-10H2,1-3H3,(H,22,23,24)/t12-,14-/m1/s1. The topological polar surface area (TPSA) is 70.5 Å². The third-order valence-corrected chi connectivity index (χ3v) is 6.20. The summed E-state index contributed by atoms with van der Waals surface area (Å²) in [6.07, 6.45) is 1.82. The highest BCUT2D eigenvalue weighted by Gasteiger charge is 2.37. The van der Waals surface area contributed by atoms with Crippen LogP contribution in [0.2, 0.25) is 5.15 Å². The quantitative estimate of drug-likeness (QED) is 0.630. The van der Waals surface area contributed by atoms with E-state index in [9.17, 15) is 8.42 Å². The molecule has 7 heteroatoms. The van der Waals surface area contributed by atoms with Crippen molar-refractivity contribution in [3.8, 4) is 0 Å². The summed E-state index contributed by atoms with van der Waals surface area (Å²) in [5.41, 5.74) is 2.39. The van der Waals surface area contributed by atoms with E-state index in [1.165, 1.54) is 5.56 Å². The van der Waals surface area contributed by atoms with Crippen LogP contribution >= 0.6 is 11.6 Å². The number of nitrogens with zero attached hydrogens (tertiary/aromatic N) is 2. The number of benzene rings is 1. The first-order valence-electron chi connectivity index (χ1n) is 8.42. The van der Waals surface area contributed by atoms with Crippen molar-refractivity contribution in [3.05, 3.63) is 40.7 Å². The molecule has 1 aliphatic heterocycles. The van der Waals surface area contributed by atoms with Gasteiger partial charge in [-0.3, -0.25) is 9.45 Å². The fourth-order valence-electron chi connectivity index (χ4n) is 3.61. The molecular weight excluding hydrogens is 360 g/mol. The molecule has 1 fully saturated rings. The molecule has 2 aromatic rings. The lowest BCUT2D eigenvalue weighted by atomic mass is 9.89. The van der Waals surface area contributed by atoms with Gasteiger partial charge >= 0.3 is 0 Å². The number of pyridine rings is 1. The van der Waals surface area contributed by atoms with E-state index in [-0.39, 0.29) is 17.7 Å².